The van der Waals surface area contributed by atoms with Crippen LogP contribution in [0.25, 0.3) is 11.4 Å². The molecule has 1 atom stereocenters. The maximum atomic E-state index is 5.74. The highest BCUT2D eigenvalue weighted by molar-refractivity contribution is 5.54. The van der Waals surface area contributed by atoms with E-state index in [-0.39, 0.29) is 6.04 Å². The van der Waals surface area contributed by atoms with Gasteiger partial charge >= 0.3 is 0 Å². The molecule has 0 unspecified atom stereocenters. The summed E-state index contributed by atoms with van der Waals surface area (Å²) in [6.45, 7) is 1.99. The molecular weight excluding hydrogens is 190 g/mol. The molecular formula is C10H13N5. The molecule has 5 heteroatoms. The molecule has 2 rings (SSSR count). The Morgan fingerprint density at radius 1 is 1.47 bits per heavy atom. The highest BCUT2D eigenvalue weighted by Crippen LogP contribution is 2.15. The van der Waals surface area contributed by atoms with E-state index in [4.69, 9.17) is 5.73 Å². The number of aromatic amines is 1. The lowest BCUT2D eigenvalue weighted by atomic mass is 10.0. The maximum Gasteiger partial charge on any atom is 0.204 e. The summed E-state index contributed by atoms with van der Waals surface area (Å²) in [4.78, 5) is 0. The molecule has 0 spiro atoms. The van der Waals surface area contributed by atoms with Crippen molar-refractivity contribution in [1.29, 1.82) is 0 Å². The van der Waals surface area contributed by atoms with E-state index in [9.17, 15) is 0 Å². The number of nitrogens with zero attached hydrogens (tertiary/aromatic N) is 3. The van der Waals surface area contributed by atoms with Crippen LogP contribution in [0.15, 0.2) is 24.3 Å². The third-order valence-electron chi connectivity index (χ3n) is 2.09. The minimum absolute atomic E-state index is 0.158. The fraction of sp³-hybridized carbons (Fsp3) is 0.300. The Kier molecular flexibility index (Phi) is 2.73. The van der Waals surface area contributed by atoms with Crippen molar-refractivity contribution >= 4 is 0 Å². The quantitative estimate of drug-likeness (QED) is 0.771. The van der Waals surface area contributed by atoms with Crippen LogP contribution in [-0.4, -0.2) is 26.7 Å². The van der Waals surface area contributed by atoms with Crippen LogP contribution >= 0.6 is 0 Å². The summed E-state index contributed by atoms with van der Waals surface area (Å²) in [5.41, 5.74) is 7.89. The zero-order chi connectivity index (χ0) is 10.7. The van der Waals surface area contributed by atoms with Gasteiger partial charge in [0.1, 0.15) is 0 Å². The smallest absolute Gasteiger partial charge is 0.204 e. The molecule has 1 heterocycles. The number of tetrazole rings is 1. The Hall–Kier alpha value is -1.75. The fourth-order valence-electron chi connectivity index (χ4n) is 1.49. The Labute approximate surface area is 87.7 Å². The second kappa shape index (κ2) is 4.18. The number of nitrogens with two attached hydrogens (primary N) is 1. The SMILES string of the molecule is C[C@H](N)Cc1cccc(-c2nn[nH]n2)c1. The lowest BCUT2D eigenvalue weighted by molar-refractivity contribution is 0.738. The first-order chi connectivity index (χ1) is 7.25. The zero-order valence-electron chi connectivity index (χ0n) is 8.51. The van der Waals surface area contributed by atoms with Crippen molar-refractivity contribution in [3.05, 3.63) is 29.8 Å². The third kappa shape index (κ3) is 2.38. The summed E-state index contributed by atoms with van der Waals surface area (Å²) < 4.78 is 0. The van der Waals surface area contributed by atoms with Crippen molar-refractivity contribution in [2.45, 2.75) is 19.4 Å². The second-order valence-corrected chi connectivity index (χ2v) is 3.62. The van der Waals surface area contributed by atoms with Gasteiger partial charge in [-0.25, -0.2) is 0 Å². The highest BCUT2D eigenvalue weighted by atomic mass is 15.5. The van der Waals surface area contributed by atoms with Crippen LogP contribution in [0.3, 0.4) is 0 Å². The summed E-state index contributed by atoms with van der Waals surface area (Å²) in [6.07, 6.45) is 0.853. The minimum Gasteiger partial charge on any atom is -0.328 e. The standard InChI is InChI=1S/C10H13N5/c1-7(11)5-8-3-2-4-9(6-8)10-12-14-15-13-10/h2-4,6-7H,5,11H2,1H3,(H,12,13,14,15)/t7-/m0/s1. The van der Waals surface area contributed by atoms with E-state index in [1.165, 1.54) is 5.56 Å². The lowest BCUT2D eigenvalue weighted by Crippen LogP contribution is -2.17. The molecule has 3 N–H and O–H groups in total. The Balaban J connectivity index is 2.27. The Morgan fingerprint density at radius 3 is 3.00 bits per heavy atom. The lowest BCUT2D eigenvalue weighted by Gasteiger charge is -2.05. The molecule has 0 bridgehead atoms. The summed E-state index contributed by atoms with van der Waals surface area (Å²) >= 11 is 0. The fourth-order valence-corrected chi connectivity index (χ4v) is 1.49. The highest BCUT2D eigenvalue weighted by Gasteiger charge is 2.04. The summed E-state index contributed by atoms with van der Waals surface area (Å²) in [5, 5.41) is 13.8. The van der Waals surface area contributed by atoms with Crippen LogP contribution < -0.4 is 5.73 Å². The van der Waals surface area contributed by atoms with Crippen LogP contribution in [0, 0.1) is 0 Å². The normalized spacial score (nSPS) is 12.7. The summed E-state index contributed by atoms with van der Waals surface area (Å²) in [6, 6.07) is 8.17. The molecule has 0 aliphatic rings. The molecule has 2 aromatic rings. The zero-order valence-corrected chi connectivity index (χ0v) is 8.51. The van der Waals surface area contributed by atoms with Crippen molar-refractivity contribution in [2.75, 3.05) is 0 Å². The largest absolute Gasteiger partial charge is 0.328 e. The monoisotopic (exact) mass is 203 g/mol. The van der Waals surface area contributed by atoms with E-state index in [0.717, 1.165) is 12.0 Å². The third-order valence-corrected chi connectivity index (χ3v) is 2.09. The van der Waals surface area contributed by atoms with Crippen LogP contribution in [0.5, 0.6) is 0 Å². The van der Waals surface area contributed by atoms with E-state index in [1.807, 2.05) is 31.2 Å². The van der Waals surface area contributed by atoms with Crippen molar-refractivity contribution in [2.24, 2.45) is 5.73 Å². The Morgan fingerprint density at radius 2 is 2.33 bits per heavy atom. The van der Waals surface area contributed by atoms with Gasteiger partial charge in [0.05, 0.1) is 0 Å². The number of benzene rings is 1. The van der Waals surface area contributed by atoms with Gasteiger partial charge < -0.3 is 5.73 Å². The van der Waals surface area contributed by atoms with Crippen molar-refractivity contribution in [3.63, 3.8) is 0 Å². The molecule has 0 saturated carbocycles. The predicted molar refractivity (Wildman–Crippen MR) is 57.0 cm³/mol. The average Bonchev–Trinajstić information content (AvgIpc) is 2.69. The van der Waals surface area contributed by atoms with E-state index in [2.05, 4.69) is 20.6 Å². The minimum atomic E-state index is 0.158. The molecule has 78 valence electrons. The molecule has 0 fully saturated rings. The van der Waals surface area contributed by atoms with Gasteiger partial charge in [0.15, 0.2) is 0 Å². The number of rotatable bonds is 3. The van der Waals surface area contributed by atoms with Crippen LogP contribution in [-0.2, 0) is 6.42 Å². The van der Waals surface area contributed by atoms with Crippen LogP contribution in [0.4, 0.5) is 0 Å². The van der Waals surface area contributed by atoms with Crippen LogP contribution in [0.1, 0.15) is 12.5 Å². The van der Waals surface area contributed by atoms with Gasteiger partial charge in [-0.3, -0.25) is 0 Å². The van der Waals surface area contributed by atoms with Gasteiger partial charge in [0, 0.05) is 11.6 Å². The molecule has 1 aromatic heterocycles. The molecule has 0 aliphatic heterocycles. The topological polar surface area (TPSA) is 80.5 Å². The molecule has 0 radical (unpaired) electrons. The van der Waals surface area contributed by atoms with E-state index in [0.29, 0.717) is 5.82 Å². The van der Waals surface area contributed by atoms with Crippen molar-refractivity contribution < 1.29 is 0 Å². The molecule has 1 aromatic carbocycles. The van der Waals surface area contributed by atoms with Gasteiger partial charge in [-0.1, -0.05) is 18.2 Å². The van der Waals surface area contributed by atoms with Crippen molar-refractivity contribution in [1.82, 2.24) is 20.6 Å². The van der Waals surface area contributed by atoms with Gasteiger partial charge in [0.2, 0.25) is 5.82 Å². The first-order valence-electron chi connectivity index (χ1n) is 4.84. The van der Waals surface area contributed by atoms with E-state index >= 15 is 0 Å². The molecule has 5 nitrogen and oxygen atoms in total. The van der Waals surface area contributed by atoms with E-state index in [1.54, 1.807) is 0 Å². The van der Waals surface area contributed by atoms with Crippen molar-refractivity contribution in [3.8, 4) is 11.4 Å². The number of aromatic nitrogens is 4. The number of hydrogen-bond donors (Lipinski definition) is 2. The van der Waals surface area contributed by atoms with Gasteiger partial charge in [-0.05, 0) is 30.2 Å². The number of nitrogens with one attached hydrogen (secondary N) is 1. The number of H-pyrrole nitrogens is 1. The van der Waals surface area contributed by atoms with Gasteiger partial charge in [0.25, 0.3) is 0 Å². The first-order valence-corrected chi connectivity index (χ1v) is 4.84. The second-order valence-electron chi connectivity index (χ2n) is 3.62. The van der Waals surface area contributed by atoms with Gasteiger partial charge in [-0.15, -0.1) is 10.2 Å². The maximum absolute atomic E-state index is 5.74. The first kappa shape index (κ1) is 9.79. The summed E-state index contributed by atoms with van der Waals surface area (Å²) in [7, 11) is 0. The predicted octanol–water partition coefficient (Wildman–Crippen LogP) is 0.756. The summed E-state index contributed by atoms with van der Waals surface area (Å²) in [5.74, 6) is 0.613. The molecule has 15 heavy (non-hydrogen) atoms. The van der Waals surface area contributed by atoms with Crippen LogP contribution in [0.2, 0.25) is 0 Å². The molecule has 0 aliphatic carbocycles. The molecule has 0 amide bonds. The average molecular weight is 203 g/mol. The van der Waals surface area contributed by atoms with E-state index < -0.39 is 0 Å². The van der Waals surface area contributed by atoms with Gasteiger partial charge in [-0.2, -0.15) is 5.21 Å². The Bertz CT molecular complexity index is 421. The molecule has 0 saturated heterocycles. The number of hydrogen-bond acceptors (Lipinski definition) is 4.